The van der Waals surface area contributed by atoms with E-state index in [0.29, 0.717) is 6.54 Å². The Kier molecular flexibility index (Phi) is 7.21. The number of aliphatic imine (C=N–C) groups is 1. The van der Waals surface area contributed by atoms with E-state index in [0.717, 1.165) is 24.3 Å². The van der Waals surface area contributed by atoms with Crippen molar-refractivity contribution < 1.29 is 4.79 Å². The third kappa shape index (κ3) is 4.91. The molecule has 3 aromatic rings. The zero-order chi connectivity index (χ0) is 21.5. The van der Waals surface area contributed by atoms with Gasteiger partial charge in [0.15, 0.2) is 0 Å². The fraction of sp³-hybridized carbons (Fsp3) is 0.259. The minimum absolute atomic E-state index is 0.00663. The first-order valence-corrected chi connectivity index (χ1v) is 12.1. The second-order valence-electron chi connectivity index (χ2n) is 7.83. The molecule has 0 aromatic heterocycles. The SMILES string of the molecule is CSCCC1N=C(C(c2ccccc2)c2ccccc2)N(Cc2ccccc2)C1C=O. The van der Waals surface area contributed by atoms with E-state index in [-0.39, 0.29) is 18.0 Å². The van der Waals surface area contributed by atoms with Crippen molar-refractivity contribution in [1.29, 1.82) is 0 Å². The summed E-state index contributed by atoms with van der Waals surface area (Å²) in [5.41, 5.74) is 3.58. The molecule has 0 aliphatic carbocycles. The summed E-state index contributed by atoms with van der Waals surface area (Å²) in [6.07, 6.45) is 4.10. The molecule has 1 aliphatic heterocycles. The summed E-state index contributed by atoms with van der Waals surface area (Å²) in [4.78, 5) is 19.7. The number of hydrogen-bond acceptors (Lipinski definition) is 4. The number of thioether (sulfide) groups is 1. The molecule has 0 fully saturated rings. The summed E-state index contributed by atoms with van der Waals surface area (Å²) >= 11 is 1.80. The van der Waals surface area contributed by atoms with Gasteiger partial charge in [-0.15, -0.1) is 0 Å². The highest BCUT2D eigenvalue weighted by atomic mass is 32.2. The topological polar surface area (TPSA) is 32.7 Å². The van der Waals surface area contributed by atoms with E-state index in [2.05, 4.69) is 84.0 Å². The lowest BCUT2D eigenvalue weighted by Crippen LogP contribution is -2.42. The van der Waals surface area contributed by atoms with Gasteiger partial charge in [-0.1, -0.05) is 91.0 Å². The molecule has 0 bridgehead atoms. The average molecular weight is 429 g/mol. The van der Waals surface area contributed by atoms with E-state index >= 15 is 0 Å². The lowest BCUT2D eigenvalue weighted by Gasteiger charge is -2.31. The molecule has 0 N–H and O–H groups in total. The van der Waals surface area contributed by atoms with Crippen LogP contribution in [0.4, 0.5) is 0 Å². The maximum Gasteiger partial charge on any atom is 0.144 e. The van der Waals surface area contributed by atoms with Gasteiger partial charge in [0.1, 0.15) is 18.2 Å². The minimum atomic E-state index is -0.239. The molecule has 0 saturated carbocycles. The summed E-state index contributed by atoms with van der Waals surface area (Å²) < 4.78 is 0. The molecule has 0 amide bonds. The molecule has 3 aromatic carbocycles. The van der Waals surface area contributed by atoms with Gasteiger partial charge in [0, 0.05) is 6.54 Å². The third-order valence-electron chi connectivity index (χ3n) is 5.82. The largest absolute Gasteiger partial charge is 0.343 e. The monoisotopic (exact) mass is 428 g/mol. The Morgan fingerprint density at radius 2 is 1.45 bits per heavy atom. The molecule has 4 heteroatoms. The summed E-state index contributed by atoms with van der Waals surface area (Å²) in [6.45, 7) is 0.676. The van der Waals surface area contributed by atoms with Crippen LogP contribution in [0.25, 0.3) is 0 Å². The molecule has 3 nitrogen and oxygen atoms in total. The van der Waals surface area contributed by atoms with Gasteiger partial charge in [0.25, 0.3) is 0 Å². The Bertz CT molecular complexity index is 952. The van der Waals surface area contributed by atoms with Crippen molar-refractivity contribution in [2.45, 2.75) is 31.0 Å². The summed E-state index contributed by atoms with van der Waals surface area (Å²) in [7, 11) is 0. The molecular formula is C27H28N2OS. The average Bonchev–Trinajstić information content (AvgIpc) is 3.16. The van der Waals surface area contributed by atoms with Crippen molar-refractivity contribution in [3.05, 3.63) is 108 Å². The van der Waals surface area contributed by atoms with Gasteiger partial charge in [0.05, 0.1) is 12.0 Å². The Balaban J connectivity index is 1.79. The number of carbonyl (C=O) groups is 1. The Hall–Kier alpha value is -2.85. The molecular weight excluding hydrogens is 400 g/mol. The lowest BCUT2D eigenvalue weighted by molar-refractivity contribution is -0.111. The normalized spacial score (nSPS) is 18.3. The van der Waals surface area contributed by atoms with Crippen LogP contribution >= 0.6 is 11.8 Å². The molecule has 158 valence electrons. The Morgan fingerprint density at radius 3 is 1.97 bits per heavy atom. The van der Waals surface area contributed by atoms with Crippen LogP contribution in [-0.4, -0.2) is 41.1 Å². The van der Waals surface area contributed by atoms with E-state index in [1.807, 2.05) is 18.2 Å². The number of carbonyl (C=O) groups excluding carboxylic acids is 1. The second-order valence-corrected chi connectivity index (χ2v) is 8.82. The standard InChI is InChI=1S/C27H28N2OS/c1-31-18-17-24-25(20-30)29(19-21-11-5-2-6-12-21)27(28-24)26(22-13-7-3-8-14-22)23-15-9-4-10-16-23/h2-16,20,24-26H,17-19H2,1H3. The zero-order valence-electron chi connectivity index (χ0n) is 17.8. The van der Waals surface area contributed by atoms with E-state index in [1.165, 1.54) is 16.7 Å². The highest BCUT2D eigenvalue weighted by molar-refractivity contribution is 7.98. The first kappa shape index (κ1) is 21.4. The van der Waals surface area contributed by atoms with Gasteiger partial charge in [-0.3, -0.25) is 4.99 Å². The van der Waals surface area contributed by atoms with Crippen LogP contribution < -0.4 is 0 Å². The van der Waals surface area contributed by atoms with Gasteiger partial charge < -0.3 is 9.69 Å². The molecule has 31 heavy (non-hydrogen) atoms. The van der Waals surface area contributed by atoms with Crippen LogP contribution in [0.1, 0.15) is 29.0 Å². The van der Waals surface area contributed by atoms with Gasteiger partial charge >= 0.3 is 0 Å². The van der Waals surface area contributed by atoms with Crippen LogP contribution in [0.5, 0.6) is 0 Å². The van der Waals surface area contributed by atoms with Gasteiger partial charge in [0.2, 0.25) is 0 Å². The number of benzene rings is 3. The lowest BCUT2D eigenvalue weighted by atomic mass is 9.89. The number of amidine groups is 1. The fourth-order valence-electron chi connectivity index (χ4n) is 4.31. The summed E-state index contributed by atoms with van der Waals surface area (Å²) in [5, 5.41) is 0. The highest BCUT2D eigenvalue weighted by Crippen LogP contribution is 2.34. The number of aldehydes is 1. The molecule has 1 aliphatic rings. The zero-order valence-corrected chi connectivity index (χ0v) is 18.6. The Labute approximate surface area is 189 Å². The summed E-state index contributed by atoms with van der Waals surface area (Å²) in [6, 6.07) is 31.1. The first-order valence-electron chi connectivity index (χ1n) is 10.7. The highest BCUT2D eigenvalue weighted by Gasteiger charge is 2.39. The van der Waals surface area contributed by atoms with Crippen molar-refractivity contribution in [2.24, 2.45) is 4.99 Å². The van der Waals surface area contributed by atoms with Gasteiger partial charge in [-0.25, -0.2) is 0 Å². The summed E-state index contributed by atoms with van der Waals surface area (Å²) in [5.74, 6) is 1.98. The van der Waals surface area contributed by atoms with Crippen molar-refractivity contribution in [1.82, 2.24) is 4.90 Å². The predicted molar refractivity (Wildman–Crippen MR) is 131 cm³/mol. The van der Waals surface area contributed by atoms with Gasteiger partial charge in [-0.2, -0.15) is 11.8 Å². The second kappa shape index (κ2) is 10.5. The molecule has 4 rings (SSSR count). The van der Waals surface area contributed by atoms with Crippen LogP contribution in [0.2, 0.25) is 0 Å². The van der Waals surface area contributed by atoms with Crippen LogP contribution in [-0.2, 0) is 11.3 Å². The minimum Gasteiger partial charge on any atom is -0.343 e. The van der Waals surface area contributed by atoms with Crippen molar-refractivity contribution in [3.63, 3.8) is 0 Å². The molecule has 1 heterocycles. The molecule has 2 atom stereocenters. The van der Waals surface area contributed by atoms with Gasteiger partial charge in [-0.05, 0) is 35.1 Å². The third-order valence-corrected chi connectivity index (χ3v) is 6.47. The van der Waals surface area contributed by atoms with E-state index in [9.17, 15) is 4.79 Å². The van der Waals surface area contributed by atoms with Crippen molar-refractivity contribution >= 4 is 23.9 Å². The number of hydrogen-bond donors (Lipinski definition) is 0. The molecule has 0 radical (unpaired) electrons. The first-order chi connectivity index (χ1) is 15.3. The van der Waals surface area contributed by atoms with E-state index in [4.69, 9.17) is 4.99 Å². The Morgan fingerprint density at radius 1 is 0.903 bits per heavy atom. The molecule has 2 unspecified atom stereocenters. The maximum absolute atomic E-state index is 12.3. The smallest absolute Gasteiger partial charge is 0.144 e. The van der Waals surface area contributed by atoms with Crippen molar-refractivity contribution in [3.8, 4) is 0 Å². The fourth-order valence-corrected chi connectivity index (χ4v) is 4.78. The van der Waals surface area contributed by atoms with Crippen LogP contribution in [0.3, 0.4) is 0 Å². The predicted octanol–water partition coefficient (Wildman–Crippen LogP) is 5.42. The maximum atomic E-state index is 12.3. The van der Waals surface area contributed by atoms with Crippen LogP contribution in [0.15, 0.2) is 96.0 Å². The number of rotatable bonds is 9. The van der Waals surface area contributed by atoms with E-state index < -0.39 is 0 Å². The van der Waals surface area contributed by atoms with E-state index in [1.54, 1.807) is 11.8 Å². The molecule has 0 saturated heterocycles. The molecule has 0 spiro atoms. The van der Waals surface area contributed by atoms with Crippen LogP contribution in [0, 0.1) is 0 Å². The number of nitrogens with zero attached hydrogens (tertiary/aromatic N) is 2. The quantitative estimate of drug-likeness (QED) is 0.427. The van der Waals surface area contributed by atoms with Crippen molar-refractivity contribution in [2.75, 3.05) is 12.0 Å².